The summed E-state index contributed by atoms with van der Waals surface area (Å²) in [4.78, 5) is 25.8. The van der Waals surface area contributed by atoms with Crippen LogP contribution in [0.4, 0.5) is 13.2 Å². The van der Waals surface area contributed by atoms with E-state index in [9.17, 15) is 22.8 Å². The van der Waals surface area contributed by atoms with Crippen molar-refractivity contribution in [3.63, 3.8) is 0 Å². The van der Waals surface area contributed by atoms with E-state index in [1.54, 1.807) is 0 Å². The highest BCUT2D eigenvalue weighted by Crippen LogP contribution is 2.32. The Bertz CT molecular complexity index is 848. The molecule has 144 valence electrons. The molecule has 3 rings (SSSR count). The van der Waals surface area contributed by atoms with Crippen molar-refractivity contribution in [2.75, 3.05) is 6.54 Å². The number of hydrogen-bond acceptors (Lipinski definition) is 4. The van der Waals surface area contributed by atoms with Crippen LogP contribution in [-0.4, -0.2) is 34.5 Å². The van der Waals surface area contributed by atoms with Crippen molar-refractivity contribution in [1.29, 1.82) is 0 Å². The van der Waals surface area contributed by atoms with Crippen molar-refractivity contribution in [1.82, 2.24) is 15.4 Å². The Morgan fingerprint density at radius 1 is 1.37 bits per heavy atom. The molecule has 0 unspecified atom stereocenters. The van der Waals surface area contributed by atoms with Gasteiger partial charge in [-0.1, -0.05) is 30.3 Å². The minimum absolute atomic E-state index is 0.0256. The van der Waals surface area contributed by atoms with Crippen LogP contribution in [0.25, 0.3) is 0 Å². The van der Waals surface area contributed by atoms with Gasteiger partial charge < -0.3 is 14.7 Å². The van der Waals surface area contributed by atoms with E-state index in [1.807, 2.05) is 6.92 Å². The molecule has 1 aliphatic heterocycles. The average molecular weight is 381 g/mol. The number of halogens is 3. The second-order valence-electron chi connectivity index (χ2n) is 6.32. The fourth-order valence-corrected chi connectivity index (χ4v) is 3.13. The van der Waals surface area contributed by atoms with Crippen molar-refractivity contribution in [2.24, 2.45) is 0 Å². The summed E-state index contributed by atoms with van der Waals surface area (Å²) in [5, 5.41) is 6.31. The molecule has 1 aromatic heterocycles. The fourth-order valence-electron chi connectivity index (χ4n) is 3.13. The van der Waals surface area contributed by atoms with Crippen LogP contribution in [0.1, 0.15) is 40.6 Å². The topological polar surface area (TPSA) is 75.4 Å². The van der Waals surface area contributed by atoms with Gasteiger partial charge in [0.25, 0.3) is 5.91 Å². The smallest absolute Gasteiger partial charge is 0.361 e. The van der Waals surface area contributed by atoms with Crippen molar-refractivity contribution in [3.8, 4) is 0 Å². The maximum Gasteiger partial charge on any atom is 0.416 e. The number of hydrogen-bond donors (Lipinski definition) is 1. The molecular formula is C18H18F3N3O3. The van der Waals surface area contributed by atoms with Crippen LogP contribution in [0.15, 0.2) is 35.0 Å². The molecule has 2 aromatic rings. The van der Waals surface area contributed by atoms with Gasteiger partial charge in [-0.3, -0.25) is 9.59 Å². The van der Waals surface area contributed by atoms with Crippen molar-refractivity contribution >= 4 is 11.8 Å². The minimum atomic E-state index is -4.49. The molecular weight excluding hydrogens is 363 g/mol. The highest BCUT2D eigenvalue weighted by atomic mass is 19.4. The molecule has 0 aliphatic carbocycles. The molecule has 2 heterocycles. The Morgan fingerprint density at radius 2 is 2.11 bits per heavy atom. The van der Waals surface area contributed by atoms with E-state index in [2.05, 4.69) is 10.5 Å². The molecule has 0 radical (unpaired) electrons. The Kier molecular flexibility index (Phi) is 5.20. The van der Waals surface area contributed by atoms with E-state index in [1.165, 1.54) is 29.3 Å². The molecule has 1 aromatic carbocycles. The van der Waals surface area contributed by atoms with Crippen LogP contribution >= 0.6 is 0 Å². The van der Waals surface area contributed by atoms with Crippen LogP contribution in [0, 0.1) is 0 Å². The lowest BCUT2D eigenvalue weighted by molar-refractivity contribution is -0.139. The summed E-state index contributed by atoms with van der Waals surface area (Å²) in [5.74, 6) is -0.283. The summed E-state index contributed by atoms with van der Waals surface area (Å²) in [6.45, 7) is 1.80. The first-order valence-corrected chi connectivity index (χ1v) is 8.47. The monoisotopic (exact) mass is 381 g/mol. The summed E-state index contributed by atoms with van der Waals surface area (Å²) >= 11 is 0. The largest absolute Gasteiger partial charge is 0.416 e. The number of amides is 2. The van der Waals surface area contributed by atoms with Gasteiger partial charge in [0, 0.05) is 25.9 Å². The first-order chi connectivity index (χ1) is 12.8. The number of likely N-dealkylation sites (tertiary alicyclic amines) is 1. The second-order valence-corrected chi connectivity index (χ2v) is 6.32. The number of alkyl halides is 3. The summed E-state index contributed by atoms with van der Waals surface area (Å²) in [7, 11) is 0. The fraction of sp³-hybridized carbons (Fsp3) is 0.389. The van der Waals surface area contributed by atoms with Gasteiger partial charge >= 0.3 is 6.18 Å². The number of nitrogens with one attached hydrogen (secondary N) is 1. The Balaban J connectivity index is 1.67. The van der Waals surface area contributed by atoms with Gasteiger partial charge in [-0.05, 0) is 11.6 Å². The molecule has 27 heavy (non-hydrogen) atoms. The van der Waals surface area contributed by atoms with Crippen LogP contribution in [-0.2, 0) is 23.9 Å². The summed E-state index contributed by atoms with van der Waals surface area (Å²) in [5.41, 5.74) is -0.439. The summed E-state index contributed by atoms with van der Waals surface area (Å²) in [6.07, 6.45) is -2.65. The van der Waals surface area contributed by atoms with Crippen LogP contribution in [0.3, 0.4) is 0 Å². The predicted octanol–water partition coefficient (Wildman–Crippen LogP) is 2.79. The summed E-state index contributed by atoms with van der Waals surface area (Å²) < 4.78 is 44.3. The van der Waals surface area contributed by atoms with E-state index < -0.39 is 23.7 Å². The number of carbonyl (C=O) groups is 2. The molecule has 2 amide bonds. The molecule has 0 spiro atoms. The van der Waals surface area contributed by atoms with E-state index in [0.29, 0.717) is 17.7 Å². The van der Waals surface area contributed by atoms with Crippen LogP contribution in [0.5, 0.6) is 0 Å². The molecule has 1 fully saturated rings. The third kappa shape index (κ3) is 4.12. The molecule has 6 nitrogen and oxygen atoms in total. The average Bonchev–Trinajstić information content (AvgIpc) is 3.21. The van der Waals surface area contributed by atoms with E-state index in [4.69, 9.17) is 4.52 Å². The molecule has 1 aliphatic rings. The highest BCUT2D eigenvalue weighted by molar-refractivity contribution is 5.95. The van der Waals surface area contributed by atoms with E-state index >= 15 is 0 Å². The molecule has 9 heteroatoms. The summed E-state index contributed by atoms with van der Waals surface area (Å²) in [6, 6.07) is 4.68. The SMILES string of the molecule is CCc1oncc1C(=O)N[C@H]1CC(=O)N(Cc2ccccc2C(F)(F)F)C1. The minimum Gasteiger partial charge on any atom is -0.361 e. The van der Waals surface area contributed by atoms with Gasteiger partial charge in [0.15, 0.2) is 0 Å². The zero-order valence-corrected chi connectivity index (χ0v) is 14.5. The van der Waals surface area contributed by atoms with E-state index in [0.717, 1.165) is 6.07 Å². The number of benzene rings is 1. The molecule has 1 saturated heterocycles. The van der Waals surface area contributed by atoms with Gasteiger partial charge in [0.1, 0.15) is 11.3 Å². The molecule has 0 saturated carbocycles. The van der Waals surface area contributed by atoms with Gasteiger partial charge in [0.05, 0.1) is 17.8 Å². The maximum atomic E-state index is 13.1. The van der Waals surface area contributed by atoms with Crippen LogP contribution in [0.2, 0.25) is 0 Å². The molecule has 0 bridgehead atoms. The van der Waals surface area contributed by atoms with Gasteiger partial charge in [-0.2, -0.15) is 13.2 Å². The number of aryl methyl sites for hydroxylation is 1. The lowest BCUT2D eigenvalue weighted by Crippen LogP contribution is -2.37. The first-order valence-electron chi connectivity index (χ1n) is 8.47. The zero-order valence-electron chi connectivity index (χ0n) is 14.5. The van der Waals surface area contributed by atoms with Crippen molar-refractivity contribution < 1.29 is 27.3 Å². The predicted molar refractivity (Wildman–Crippen MR) is 88.6 cm³/mol. The lowest BCUT2D eigenvalue weighted by atomic mass is 10.1. The normalized spacial score (nSPS) is 17.4. The van der Waals surface area contributed by atoms with E-state index in [-0.39, 0.29) is 31.0 Å². The Hall–Kier alpha value is -2.84. The third-order valence-electron chi connectivity index (χ3n) is 4.44. The van der Waals surface area contributed by atoms with Crippen molar-refractivity contribution in [3.05, 3.63) is 52.9 Å². The van der Waals surface area contributed by atoms with Gasteiger partial charge in [-0.15, -0.1) is 0 Å². The zero-order chi connectivity index (χ0) is 19.6. The quantitative estimate of drug-likeness (QED) is 0.864. The standard InChI is InChI=1S/C18H18F3N3O3/c1-2-15-13(8-22-27-15)17(26)23-12-7-16(25)24(10-12)9-11-5-3-4-6-14(11)18(19,20)21/h3-6,8,12H,2,7,9-10H2,1H3,(H,23,26)/t12-/m0/s1. The molecule has 1 N–H and O–H groups in total. The number of aromatic nitrogens is 1. The van der Waals surface area contributed by atoms with Gasteiger partial charge in [0.2, 0.25) is 5.91 Å². The van der Waals surface area contributed by atoms with Crippen molar-refractivity contribution in [2.45, 2.75) is 38.5 Å². The van der Waals surface area contributed by atoms with Crippen LogP contribution < -0.4 is 5.32 Å². The first kappa shape index (κ1) is 18.9. The highest BCUT2D eigenvalue weighted by Gasteiger charge is 2.36. The number of rotatable bonds is 5. The second kappa shape index (κ2) is 7.42. The maximum absolute atomic E-state index is 13.1. The van der Waals surface area contributed by atoms with Gasteiger partial charge in [-0.25, -0.2) is 0 Å². The molecule has 1 atom stereocenters. The number of carbonyl (C=O) groups excluding carboxylic acids is 2. The number of nitrogens with zero attached hydrogens (tertiary/aromatic N) is 2. The lowest BCUT2D eigenvalue weighted by Gasteiger charge is -2.20. The Morgan fingerprint density at radius 3 is 2.81 bits per heavy atom. The Labute approximate surface area is 153 Å². The third-order valence-corrected chi connectivity index (χ3v) is 4.44.